The highest BCUT2D eigenvalue weighted by Gasteiger charge is 2.08. The summed E-state index contributed by atoms with van der Waals surface area (Å²) in [5.41, 5.74) is 4.96. The van der Waals surface area contributed by atoms with E-state index in [9.17, 15) is 9.59 Å². The van der Waals surface area contributed by atoms with Gasteiger partial charge in [-0.25, -0.2) is 10.2 Å². The molecule has 1 N–H and O–H groups in total. The van der Waals surface area contributed by atoms with Gasteiger partial charge in [-0.15, -0.1) is 0 Å². The third-order valence-electron chi connectivity index (χ3n) is 4.42. The minimum Gasteiger partial charge on any atom is -0.483 e. The monoisotopic (exact) mass is 496 g/mol. The fourth-order valence-electron chi connectivity index (χ4n) is 2.62. The molecular formula is C24H21BrN2O5. The van der Waals surface area contributed by atoms with Crippen LogP contribution in [0.3, 0.4) is 0 Å². The van der Waals surface area contributed by atoms with Crippen molar-refractivity contribution in [3.05, 3.63) is 87.8 Å². The largest absolute Gasteiger partial charge is 0.483 e. The van der Waals surface area contributed by atoms with E-state index in [0.717, 1.165) is 15.6 Å². The van der Waals surface area contributed by atoms with Gasteiger partial charge in [-0.3, -0.25) is 4.79 Å². The second kappa shape index (κ2) is 11.1. The predicted molar refractivity (Wildman–Crippen MR) is 125 cm³/mol. The lowest BCUT2D eigenvalue weighted by molar-refractivity contribution is -0.129. The van der Waals surface area contributed by atoms with Crippen molar-refractivity contribution in [2.45, 2.75) is 13.8 Å². The van der Waals surface area contributed by atoms with Gasteiger partial charge in [0.1, 0.15) is 17.3 Å². The Morgan fingerprint density at radius 3 is 2.75 bits per heavy atom. The van der Waals surface area contributed by atoms with Crippen LogP contribution in [0, 0.1) is 13.8 Å². The van der Waals surface area contributed by atoms with Gasteiger partial charge in [0.2, 0.25) is 0 Å². The van der Waals surface area contributed by atoms with Crippen molar-refractivity contribution >= 4 is 40.1 Å². The van der Waals surface area contributed by atoms with Crippen molar-refractivity contribution < 1.29 is 23.5 Å². The molecule has 7 nitrogen and oxygen atoms in total. The lowest BCUT2D eigenvalue weighted by Crippen LogP contribution is -2.24. The van der Waals surface area contributed by atoms with Crippen molar-refractivity contribution in [3.8, 4) is 11.5 Å². The summed E-state index contributed by atoms with van der Waals surface area (Å²) in [5, 5.41) is 3.94. The quantitative estimate of drug-likeness (QED) is 0.159. The molecule has 164 valence electrons. The number of benzene rings is 2. The highest BCUT2D eigenvalue weighted by atomic mass is 79.9. The van der Waals surface area contributed by atoms with Crippen LogP contribution in [0.25, 0.3) is 6.08 Å². The van der Waals surface area contributed by atoms with Gasteiger partial charge >= 0.3 is 5.97 Å². The molecule has 1 aromatic heterocycles. The van der Waals surface area contributed by atoms with Gasteiger partial charge in [0.15, 0.2) is 6.61 Å². The molecule has 0 saturated heterocycles. The van der Waals surface area contributed by atoms with Crippen molar-refractivity contribution in [2.24, 2.45) is 5.10 Å². The van der Waals surface area contributed by atoms with Gasteiger partial charge in [0.05, 0.1) is 12.5 Å². The maximum absolute atomic E-state index is 12.1. The molecule has 2 aromatic carbocycles. The van der Waals surface area contributed by atoms with Crippen LogP contribution in [0.15, 0.2) is 74.9 Å². The van der Waals surface area contributed by atoms with Crippen molar-refractivity contribution in [3.63, 3.8) is 0 Å². The number of nitrogens with zero attached hydrogens (tertiary/aromatic N) is 1. The lowest BCUT2D eigenvalue weighted by atomic mass is 10.1. The van der Waals surface area contributed by atoms with E-state index in [1.807, 2.05) is 26.0 Å². The number of carbonyl (C=O) groups excluding carboxylic acids is 2. The number of hydrazone groups is 1. The Balaban J connectivity index is 1.58. The van der Waals surface area contributed by atoms with E-state index in [-0.39, 0.29) is 12.4 Å². The zero-order chi connectivity index (χ0) is 22.9. The van der Waals surface area contributed by atoms with E-state index in [0.29, 0.717) is 17.1 Å². The number of furan rings is 1. The van der Waals surface area contributed by atoms with Crippen LogP contribution in [0.1, 0.15) is 22.5 Å². The second-order valence-corrected chi connectivity index (χ2v) is 7.65. The summed E-state index contributed by atoms with van der Waals surface area (Å²) in [6.07, 6.45) is 5.66. The van der Waals surface area contributed by atoms with Gasteiger partial charge < -0.3 is 13.9 Å². The van der Waals surface area contributed by atoms with E-state index >= 15 is 0 Å². The maximum atomic E-state index is 12.1. The molecule has 3 aromatic rings. The number of ether oxygens (including phenoxy) is 2. The maximum Gasteiger partial charge on any atom is 0.336 e. The van der Waals surface area contributed by atoms with Crippen LogP contribution in [0.2, 0.25) is 0 Å². The smallest absolute Gasteiger partial charge is 0.336 e. The van der Waals surface area contributed by atoms with Crippen LogP contribution >= 0.6 is 15.9 Å². The normalized spacial score (nSPS) is 11.1. The summed E-state index contributed by atoms with van der Waals surface area (Å²) in [4.78, 5) is 24.2. The van der Waals surface area contributed by atoms with Crippen LogP contribution in [0.5, 0.6) is 11.5 Å². The molecule has 3 rings (SSSR count). The Labute approximate surface area is 193 Å². The predicted octanol–water partition coefficient (Wildman–Crippen LogP) is 4.81. The van der Waals surface area contributed by atoms with Gasteiger partial charge in [-0.2, -0.15) is 5.10 Å². The molecule has 0 bridgehead atoms. The van der Waals surface area contributed by atoms with E-state index in [4.69, 9.17) is 13.9 Å². The molecule has 0 fully saturated rings. The number of rotatable bonds is 8. The molecule has 0 aliphatic carbocycles. The van der Waals surface area contributed by atoms with Crippen LogP contribution in [0.4, 0.5) is 0 Å². The Bertz CT molecular complexity index is 1150. The Kier molecular flexibility index (Phi) is 7.99. The first-order chi connectivity index (χ1) is 15.4. The minimum absolute atomic E-state index is 0.181. The van der Waals surface area contributed by atoms with E-state index in [2.05, 4.69) is 26.5 Å². The third-order valence-corrected chi connectivity index (χ3v) is 4.91. The van der Waals surface area contributed by atoms with E-state index < -0.39 is 11.9 Å². The number of hydrogen-bond acceptors (Lipinski definition) is 6. The number of aryl methyl sites for hydroxylation is 1. The molecule has 0 spiro atoms. The Hall–Kier alpha value is -3.65. The molecule has 0 aliphatic heterocycles. The minimum atomic E-state index is -0.579. The summed E-state index contributed by atoms with van der Waals surface area (Å²) in [5.74, 6) is 0.464. The van der Waals surface area contributed by atoms with Crippen molar-refractivity contribution in [1.29, 1.82) is 0 Å². The molecule has 0 saturated carbocycles. The average Bonchev–Trinajstić information content (AvgIpc) is 3.29. The summed E-state index contributed by atoms with van der Waals surface area (Å²) in [6.45, 7) is 3.72. The summed E-state index contributed by atoms with van der Waals surface area (Å²) >= 11 is 3.37. The SMILES string of the molecule is Cc1cccc(OCC(=O)N/N=C/c2cc(Br)ccc2OC(=O)/C=C/c2ccco2)c1C. The van der Waals surface area contributed by atoms with Gasteiger partial charge in [-0.1, -0.05) is 28.1 Å². The molecule has 0 aliphatic rings. The molecule has 0 atom stereocenters. The fourth-order valence-corrected chi connectivity index (χ4v) is 3.00. The summed E-state index contributed by atoms with van der Waals surface area (Å²) in [7, 11) is 0. The van der Waals surface area contributed by atoms with Crippen LogP contribution in [-0.4, -0.2) is 24.7 Å². The first-order valence-electron chi connectivity index (χ1n) is 9.66. The van der Waals surface area contributed by atoms with E-state index in [1.54, 1.807) is 36.4 Å². The summed E-state index contributed by atoms with van der Waals surface area (Å²) in [6, 6.07) is 14.1. The van der Waals surface area contributed by atoms with Crippen LogP contribution < -0.4 is 14.9 Å². The van der Waals surface area contributed by atoms with Crippen LogP contribution in [-0.2, 0) is 9.59 Å². The first kappa shape index (κ1) is 23.0. The molecule has 0 unspecified atom stereocenters. The number of nitrogens with one attached hydrogen (secondary N) is 1. The molecule has 32 heavy (non-hydrogen) atoms. The molecule has 1 amide bonds. The molecule has 1 heterocycles. The Morgan fingerprint density at radius 2 is 1.97 bits per heavy atom. The van der Waals surface area contributed by atoms with Gasteiger partial charge in [0, 0.05) is 16.1 Å². The van der Waals surface area contributed by atoms with Gasteiger partial charge in [0.25, 0.3) is 5.91 Å². The molecular weight excluding hydrogens is 476 g/mol. The third kappa shape index (κ3) is 6.68. The van der Waals surface area contributed by atoms with E-state index in [1.165, 1.54) is 24.6 Å². The van der Waals surface area contributed by atoms with Crippen molar-refractivity contribution in [2.75, 3.05) is 6.61 Å². The number of amides is 1. The fraction of sp³-hybridized carbons (Fsp3) is 0.125. The standard InChI is InChI=1S/C24H21BrN2O5/c1-16-5-3-7-21(17(16)2)31-15-23(28)27-26-14-18-13-19(25)8-10-22(18)32-24(29)11-9-20-6-4-12-30-20/h3-14H,15H2,1-2H3,(H,27,28)/b11-9+,26-14+. The zero-order valence-corrected chi connectivity index (χ0v) is 19.1. The number of halogens is 1. The average molecular weight is 497 g/mol. The number of esters is 1. The zero-order valence-electron chi connectivity index (χ0n) is 17.5. The second-order valence-electron chi connectivity index (χ2n) is 6.73. The highest BCUT2D eigenvalue weighted by molar-refractivity contribution is 9.10. The first-order valence-corrected chi connectivity index (χ1v) is 10.5. The van der Waals surface area contributed by atoms with Crippen molar-refractivity contribution in [1.82, 2.24) is 5.43 Å². The number of carbonyl (C=O) groups is 2. The van der Waals surface area contributed by atoms with Gasteiger partial charge in [-0.05, 0) is 67.4 Å². The highest BCUT2D eigenvalue weighted by Crippen LogP contribution is 2.22. The molecule has 0 radical (unpaired) electrons. The summed E-state index contributed by atoms with van der Waals surface area (Å²) < 4.78 is 16.8. The number of hydrogen-bond donors (Lipinski definition) is 1. The lowest BCUT2D eigenvalue weighted by Gasteiger charge is -2.10. The Morgan fingerprint density at radius 1 is 1.12 bits per heavy atom. The molecule has 8 heteroatoms. The topological polar surface area (TPSA) is 90.1 Å².